The van der Waals surface area contributed by atoms with E-state index >= 15 is 0 Å². The van der Waals surface area contributed by atoms with Crippen LogP contribution >= 0.6 is 15.9 Å². The van der Waals surface area contributed by atoms with E-state index in [4.69, 9.17) is 4.74 Å². The minimum Gasteiger partial charge on any atom is -0.383 e. The third kappa shape index (κ3) is 5.22. The Morgan fingerprint density at radius 2 is 2.29 bits per heavy atom. The molecular formula is C15H21BrN4O. The van der Waals surface area contributed by atoms with Crippen LogP contribution in [0.15, 0.2) is 34.9 Å². The quantitative estimate of drug-likeness (QED) is 0.739. The highest BCUT2D eigenvalue weighted by Gasteiger charge is 2.14. The van der Waals surface area contributed by atoms with E-state index in [0.29, 0.717) is 5.92 Å². The van der Waals surface area contributed by atoms with Gasteiger partial charge in [-0.1, -0.05) is 33.3 Å². The monoisotopic (exact) mass is 352 g/mol. The fourth-order valence-electron chi connectivity index (χ4n) is 2.26. The molecule has 1 aromatic carbocycles. The van der Waals surface area contributed by atoms with Crippen molar-refractivity contribution in [2.75, 3.05) is 26.8 Å². The second-order valence-electron chi connectivity index (χ2n) is 5.04. The van der Waals surface area contributed by atoms with Crippen molar-refractivity contribution in [2.24, 2.45) is 7.05 Å². The first-order valence-electron chi connectivity index (χ1n) is 6.99. The van der Waals surface area contributed by atoms with Gasteiger partial charge in [0.1, 0.15) is 0 Å². The lowest BCUT2D eigenvalue weighted by molar-refractivity contribution is 0.199. The van der Waals surface area contributed by atoms with Gasteiger partial charge in [0.25, 0.3) is 0 Å². The molecule has 0 aliphatic carbocycles. The summed E-state index contributed by atoms with van der Waals surface area (Å²) >= 11 is 3.54. The average Bonchev–Trinajstić information content (AvgIpc) is 2.87. The van der Waals surface area contributed by atoms with Crippen LogP contribution in [0.4, 0.5) is 0 Å². The molecule has 21 heavy (non-hydrogen) atoms. The number of benzene rings is 1. The molecule has 0 aliphatic heterocycles. The summed E-state index contributed by atoms with van der Waals surface area (Å²) in [5.74, 6) is 0.357. The van der Waals surface area contributed by atoms with Gasteiger partial charge in [-0.05, 0) is 17.7 Å². The Hall–Kier alpha value is -1.24. The van der Waals surface area contributed by atoms with Crippen LogP contribution in [0.25, 0.3) is 0 Å². The van der Waals surface area contributed by atoms with Crippen LogP contribution in [0.5, 0.6) is 0 Å². The van der Waals surface area contributed by atoms with Gasteiger partial charge in [-0.15, -0.1) is 5.10 Å². The largest absolute Gasteiger partial charge is 0.383 e. The van der Waals surface area contributed by atoms with Gasteiger partial charge >= 0.3 is 0 Å². The highest BCUT2D eigenvalue weighted by Crippen LogP contribution is 2.22. The molecule has 1 aromatic heterocycles. The topological polar surface area (TPSA) is 52.0 Å². The molecule has 2 rings (SSSR count). The van der Waals surface area contributed by atoms with E-state index < -0.39 is 0 Å². The lowest BCUT2D eigenvalue weighted by atomic mass is 9.94. The van der Waals surface area contributed by atoms with E-state index in [1.165, 1.54) is 5.56 Å². The van der Waals surface area contributed by atoms with Gasteiger partial charge in [-0.2, -0.15) is 0 Å². The molecule has 0 spiro atoms. The summed E-state index contributed by atoms with van der Waals surface area (Å²) in [7, 11) is 3.61. The number of aromatic nitrogens is 3. The zero-order chi connectivity index (χ0) is 15.1. The Morgan fingerprint density at radius 3 is 2.95 bits per heavy atom. The van der Waals surface area contributed by atoms with Crippen molar-refractivity contribution in [1.82, 2.24) is 20.3 Å². The van der Waals surface area contributed by atoms with E-state index in [1.54, 1.807) is 11.8 Å². The highest BCUT2D eigenvalue weighted by atomic mass is 79.9. The molecule has 114 valence electrons. The van der Waals surface area contributed by atoms with E-state index in [-0.39, 0.29) is 0 Å². The lowest BCUT2D eigenvalue weighted by Gasteiger charge is -2.17. The molecule has 2 aromatic rings. The van der Waals surface area contributed by atoms with Crippen LogP contribution in [0.1, 0.15) is 17.2 Å². The molecule has 0 amide bonds. The first kappa shape index (κ1) is 16.1. The Bertz CT molecular complexity index is 558. The predicted octanol–water partition coefficient (Wildman–Crippen LogP) is 2.14. The van der Waals surface area contributed by atoms with Gasteiger partial charge in [-0.25, -0.2) is 0 Å². The third-order valence-electron chi connectivity index (χ3n) is 3.30. The fourth-order valence-corrected chi connectivity index (χ4v) is 2.68. The summed E-state index contributed by atoms with van der Waals surface area (Å²) in [6, 6.07) is 8.43. The SMILES string of the molecule is COCCNCC(Cc1cn(C)nn1)c1cccc(Br)c1. The van der Waals surface area contributed by atoms with Crippen molar-refractivity contribution < 1.29 is 4.74 Å². The van der Waals surface area contributed by atoms with Crippen molar-refractivity contribution in [3.63, 3.8) is 0 Å². The van der Waals surface area contributed by atoms with Gasteiger partial charge in [0, 0.05) is 50.3 Å². The summed E-state index contributed by atoms with van der Waals surface area (Å²) in [4.78, 5) is 0. The minimum atomic E-state index is 0.357. The summed E-state index contributed by atoms with van der Waals surface area (Å²) in [5, 5.41) is 11.6. The molecular weight excluding hydrogens is 332 g/mol. The minimum absolute atomic E-state index is 0.357. The van der Waals surface area contributed by atoms with Crippen molar-refractivity contribution >= 4 is 15.9 Å². The van der Waals surface area contributed by atoms with E-state index in [2.05, 4.69) is 49.8 Å². The maximum atomic E-state index is 5.07. The summed E-state index contributed by atoms with van der Waals surface area (Å²) < 4.78 is 7.91. The van der Waals surface area contributed by atoms with Crippen LogP contribution in [0.2, 0.25) is 0 Å². The number of nitrogens with one attached hydrogen (secondary N) is 1. The van der Waals surface area contributed by atoms with Gasteiger partial charge < -0.3 is 10.1 Å². The highest BCUT2D eigenvalue weighted by molar-refractivity contribution is 9.10. The average molecular weight is 353 g/mol. The molecule has 1 heterocycles. The van der Waals surface area contributed by atoms with Crippen molar-refractivity contribution in [3.05, 3.63) is 46.2 Å². The maximum Gasteiger partial charge on any atom is 0.0833 e. The number of hydrogen-bond donors (Lipinski definition) is 1. The molecule has 0 aliphatic rings. The molecule has 0 radical (unpaired) electrons. The third-order valence-corrected chi connectivity index (χ3v) is 3.79. The van der Waals surface area contributed by atoms with E-state index in [1.807, 2.05) is 19.3 Å². The standard InChI is InChI=1S/C15H21BrN4O/c1-20-11-15(18-19-20)9-13(10-17-6-7-21-2)12-4-3-5-14(16)8-12/h3-5,8,11,13,17H,6-7,9-10H2,1-2H3. The van der Waals surface area contributed by atoms with Crippen LogP contribution in [-0.4, -0.2) is 41.8 Å². The molecule has 6 heteroatoms. The summed E-state index contributed by atoms with van der Waals surface area (Å²) in [6.07, 6.45) is 2.84. The van der Waals surface area contributed by atoms with Gasteiger partial charge in [0.2, 0.25) is 0 Å². The number of nitrogens with zero attached hydrogens (tertiary/aromatic N) is 3. The number of ether oxygens (including phenoxy) is 1. The molecule has 1 atom stereocenters. The first-order valence-corrected chi connectivity index (χ1v) is 7.78. The number of halogens is 1. The smallest absolute Gasteiger partial charge is 0.0833 e. The Kier molecular flexibility index (Phi) is 6.35. The molecule has 0 saturated heterocycles. The normalized spacial score (nSPS) is 12.5. The van der Waals surface area contributed by atoms with Crippen LogP contribution in [0.3, 0.4) is 0 Å². The molecule has 0 bridgehead atoms. The molecule has 0 fully saturated rings. The fraction of sp³-hybridized carbons (Fsp3) is 0.467. The van der Waals surface area contributed by atoms with Crippen LogP contribution < -0.4 is 5.32 Å². The first-order chi connectivity index (χ1) is 10.2. The van der Waals surface area contributed by atoms with Gasteiger partial charge in [-0.3, -0.25) is 4.68 Å². The predicted molar refractivity (Wildman–Crippen MR) is 86.3 cm³/mol. The van der Waals surface area contributed by atoms with Crippen molar-refractivity contribution in [1.29, 1.82) is 0 Å². The van der Waals surface area contributed by atoms with Gasteiger partial charge in [0.15, 0.2) is 0 Å². The van der Waals surface area contributed by atoms with E-state index in [0.717, 1.165) is 36.3 Å². The zero-order valence-electron chi connectivity index (χ0n) is 12.4. The molecule has 5 nitrogen and oxygen atoms in total. The second kappa shape index (κ2) is 8.26. The Balaban J connectivity index is 2.06. The summed E-state index contributed by atoms with van der Waals surface area (Å²) in [6.45, 7) is 2.45. The second-order valence-corrected chi connectivity index (χ2v) is 5.95. The summed E-state index contributed by atoms with van der Waals surface area (Å²) in [5.41, 5.74) is 2.30. The molecule has 1 unspecified atom stereocenters. The molecule has 1 N–H and O–H groups in total. The number of aryl methyl sites for hydroxylation is 1. The lowest BCUT2D eigenvalue weighted by Crippen LogP contribution is -2.26. The van der Waals surface area contributed by atoms with Gasteiger partial charge in [0.05, 0.1) is 12.3 Å². The van der Waals surface area contributed by atoms with Crippen LogP contribution in [-0.2, 0) is 18.2 Å². The van der Waals surface area contributed by atoms with Crippen molar-refractivity contribution in [3.8, 4) is 0 Å². The number of methoxy groups -OCH3 is 1. The number of rotatable bonds is 8. The Labute approximate surface area is 133 Å². The van der Waals surface area contributed by atoms with Crippen molar-refractivity contribution in [2.45, 2.75) is 12.3 Å². The number of hydrogen-bond acceptors (Lipinski definition) is 4. The van der Waals surface area contributed by atoms with Crippen LogP contribution in [0, 0.1) is 0 Å². The zero-order valence-corrected chi connectivity index (χ0v) is 14.0. The maximum absolute atomic E-state index is 5.07. The van der Waals surface area contributed by atoms with E-state index in [9.17, 15) is 0 Å². The Morgan fingerprint density at radius 1 is 1.43 bits per heavy atom. The molecule has 0 saturated carbocycles.